The first kappa shape index (κ1) is 22.0. The van der Waals surface area contributed by atoms with E-state index in [1.165, 1.54) is 16.9 Å². The first-order chi connectivity index (χ1) is 15.6. The average Bonchev–Trinajstić information content (AvgIpc) is 3.44. The zero-order valence-electron chi connectivity index (χ0n) is 18.0. The Morgan fingerprint density at radius 3 is 2.69 bits per heavy atom. The number of anilines is 2. The van der Waals surface area contributed by atoms with Crippen molar-refractivity contribution in [2.24, 2.45) is 0 Å². The standard InChI is InChI=1S/C24H26N4O3S/c1-2-17-10-12-19(13-11-17)28-16-18(15-22(28)30)23-26-27-24(32-23)25-21(29)9-6-14-31-20-7-4-3-5-8-20/h3-5,7-8,10-13,18H,2,6,9,14-16H2,1H3,(H,25,27,29)/t18-/m1/s1. The fourth-order valence-electron chi connectivity index (χ4n) is 3.61. The zero-order chi connectivity index (χ0) is 22.3. The van der Waals surface area contributed by atoms with Crippen LogP contribution in [0.4, 0.5) is 10.8 Å². The van der Waals surface area contributed by atoms with Gasteiger partial charge in [0.05, 0.1) is 6.61 Å². The minimum absolute atomic E-state index is 0.0178. The van der Waals surface area contributed by atoms with Gasteiger partial charge in [-0.3, -0.25) is 9.59 Å². The summed E-state index contributed by atoms with van der Waals surface area (Å²) >= 11 is 1.34. The lowest BCUT2D eigenvalue weighted by Gasteiger charge is -2.16. The molecule has 1 saturated heterocycles. The van der Waals surface area contributed by atoms with Crippen molar-refractivity contribution in [2.75, 3.05) is 23.4 Å². The Hall–Kier alpha value is -3.26. The van der Waals surface area contributed by atoms with Gasteiger partial charge in [0.25, 0.3) is 0 Å². The fourth-order valence-corrected chi connectivity index (χ4v) is 4.46. The van der Waals surface area contributed by atoms with E-state index >= 15 is 0 Å². The third-order valence-corrected chi connectivity index (χ3v) is 6.38. The summed E-state index contributed by atoms with van der Waals surface area (Å²) in [6, 6.07) is 17.6. The molecule has 3 aromatic rings. The van der Waals surface area contributed by atoms with E-state index in [4.69, 9.17) is 4.74 Å². The van der Waals surface area contributed by atoms with Gasteiger partial charge in [-0.25, -0.2) is 0 Å². The summed E-state index contributed by atoms with van der Waals surface area (Å²) in [7, 11) is 0. The molecule has 0 bridgehead atoms. The molecule has 1 atom stereocenters. The number of nitrogens with zero attached hydrogens (tertiary/aromatic N) is 3. The molecule has 2 amide bonds. The van der Waals surface area contributed by atoms with E-state index in [9.17, 15) is 9.59 Å². The maximum Gasteiger partial charge on any atom is 0.227 e. The van der Waals surface area contributed by atoms with Crippen LogP contribution in [0, 0.1) is 0 Å². The van der Waals surface area contributed by atoms with Crippen LogP contribution in [-0.4, -0.2) is 35.2 Å². The summed E-state index contributed by atoms with van der Waals surface area (Å²) in [6.07, 6.45) is 2.31. The predicted molar refractivity (Wildman–Crippen MR) is 125 cm³/mol. The smallest absolute Gasteiger partial charge is 0.227 e. The van der Waals surface area contributed by atoms with Gasteiger partial charge in [0.2, 0.25) is 16.9 Å². The number of rotatable bonds is 9. The molecule has 0 unspecified atom stereocenters. The van der Waals surface area contributed by atoms with Gasteiger partial charge >= 0.3 is 0 Å². The summed E-state index contributed by atoms with van der Waals surface area (Å²) < 4.78 is 5.61. The van der Waals surface area contributed by atoms with Crippen molar-refractivity contribution in [3.8, 4) is 5.75 Å². The largest absolute Gasteiger partial charge is 0.494 e. The van der Waals surface area contributed by atoms with Crippen LogP contribution < -0.4 is 15.0 Å². The molecule has 0 saturated carbocycles. The third kappa shape index (κ3) is 5.50. The summed E-state index contributed by atoms with van der Waals surface area (Å²) in [5.41, 5.74) is 2.15. The number of aromatic nitrogens is 2. The third-order valence-electron chi connectivity index (χ3n) is 5.38. The SMILES string of the molecule is CCc1ccc(N2C[C@H](c3nnc(NC(=O)CCCOc4ccccc4)s3)CC2=O)cc1. The van der Waals surface area contributed by atoms with Crippen molar-refractivity contribution in [1.82, 2.24) is 10.2 Å². The first-order valence-corrected chi connectivity index (χ1v) is 11.6. The van der Waals surface area contributed by atoms with Crippen LogP contribution in [0.5, 0.6) is 5.75 Å². The Balaban J connectivity index is 1.26. The lowest BCUT2D eigenvalue weighted by molar-refractivity contribution is -0.117. The van der Waals surface area contributed by atoms with Gasteiger partial charge in [-0.1, -0.05) is 48.6 Å². The average molecular weight is 451 g/mol. The van der Waals surface area contributed by atoms with E-state index in [0.717, 1.165) is 22.9 Å². The highest BCUT2D eigenvalue weighted by Crippen LogP contribution is 2.34. The second-order valence-electron chi connectivity index (χ2n) is 7.68. The van der Waals surface area contributed by atoms with Gasteiger partial charge in [-0.05, 0) is 42.7 Å². The first-order valence-electron chi connectivity index (χ1n) is 10.8. The van der Waals surface area contributed by atoms with Crippen molar-refractivity contribution < 1.29 is 14.3 Å². The van der Waals surface area contributed by atoms with Crippen molar-refractivity contribution in [3.63, 3.8) is 0 Å². The van der Waals surface area contributed by atoms with E-state index in [1.54, 1.807) is 4.90 Å². The Labute approximate surface area is 191 Å². The second kappa shape index (κ2) is 10.4. The highest BCUT2D eigenvalue weighted by Gasteiger charge is 2.34. The summed E-state index contributed by atoms with van der Waals surface area (Å²) in [5.74, 6) is 0.738. The summed E-state index contributed by atoms with van der Waals surface area (Å²) in [4.78, 5) is 26.6. The van der Waals surface area contributed by atoms with Crippen LogP contribution in [-0.2, 0) is 16.0 Å². The molecule has 0 aliphatic carbocycles. The molecule has 8 heteroatoms. The number of para-hydroxylation sites is 1. The topological polar surface area (TPSA) is 84.4 Å². The number of aryl methyl sites for hydroxylation is 1. The minimum Gasteiger partial charge on any atom is -0.494 e. The van der Waals surface area contributed by atoms with Crippen LogP contribution in [0.2, 0.25) is 0 Å². The van der Waals surface area contributed by atoms with Gasteiger partial charge < -0.3 is 15.0 Å². The fraction of sp³-hybridized carbons (Fsp3) is 0.333. The normalized spacial score (nSPS) is 15.7. The molecule has 2 aromatic carbocycles. The summed E-state index contributed by atoms with van der Waals surface area (Å²) in [5, 5.41) is 12.4. The molecule has 0 radical (unpaired) electrons. The Morgan fingerprint density at radius 1 is 1.16 bits per heavy atom. The van der Waals surface area contributed by atoms with Gasteiger partial charge in [0.1, 0.15) is 10.8 Å². The molecule has 1 aromatic heterocycles. The van der Waals surface area contributed by atoms with E-state index < -0.39 is 0 Å². The van der Waals surface area contributed by atoms with E-state index in [2.05, 4.69) is 34.6 Å². The molecule has 1 aliphatic heterocycles. The number of amides is 2. The lowest BCUT2D eigenvalue weighted by Crippen LogP contribution is -2.24. The maximum atomic E-state index is 12.5. The molecule has 7 nitrogen and oxygen atoms in total. The molecule has 1 fully saturated rings. The molecule has 0 spiro atoms. The van der Waals surface area contributed by atoms with Crippen molar-refractivity contribution in [3.05, 3.63) is 65.2 Å². The number of hydrogen-bond donors (Lipinski definition) is 1. The Bertz CT molecular complexity index is 1050. The molecule has 166 valence electrons. The number of nitrogens with one attached hydrogen (secondary N) is 1. The highest BCUT2D eigenvalue weighted by molar-refractivity contribution is 7.15. The number of carbonyl (C=O) groups is 2. The number of carbonyl (C=O) groups excluding carboxylic acids is 2. The maximum absolute atomic E-state index is 12.5. The molecular weight excluding hydrogens is 424 g/mol. The quantitative estimate of drug-likeness (QED) is 0.488. The monoisotopic (exact) mass is 450 g/mol. The lowest BCUT2D eigenvalue weighted by atomic mass is 10.1. The van der Waals surface area contributed by atoms with Crippen molar-refractivity contribution in [2.45, 2.75) is 38.5 Å². The molecule has 2 heterocycles. The van der Waals surface area contributed by atoms with Crippen LogP contribution >= 0.6 is 11.3 Å². The van der Waals surface area contributed by atoms with Crippen LogP contribution in [0.25, 0.3) is 0 Å². The van der Waals surface area contributed by atoms with Crippen LogP contribution in [0.15, 0.2) is 54.6 Å². The summed E-state index contributed by atoms with van der Waals surface area (Å²) in [6.45, 7) is 3.15. The molecule has 1 N–H and O–H groups in total. The number of hydrogen-bond acceptors (Lipinski definition) is 6. The predicted octanol–water partition coefficient (Wildman–Crippen LogP) is 4.42. The second-order valence-corrected chi connectivity index (χ2v) is 8.69. The van der Waals surface area contributed by atoms with Gasteiger partial charge in [0.15, 0.2) is 0 Å². The number of ether oxygens (including phenoxy) is 1. The van der Waals surface area contributed by atoms with Crippen molar-refractivity contribution >= 4 is 34.0 Å². The molecule has 4 rings (SSSR count). The Kier molecular flexibility index (Phi) is 7.11. The minimum atomic E-state index is -0.121. The van der Waals surface area contributed by atoms with Gasteiger partial charge in [0, 0.05) is 31.0 Å². The van der Waals surface area contributed by atoms with E-state index in [0.29, 0.717) is 37.5 Å². The molecular formula is C24H26N4O3S. The Morgan fingerprint density at radius 2 is 1.94 bits per heavy atom. The van der Waals surface area contributed by atoms with E-state index in [-0.39, 0.29) is 17.7 Å². The molecule has 1 aliphatic rings. The van der Waals surface area contributed by atoms with Gasteiger partial charge in [-0.15, -0.1) is 10.2 Å². The van der Waals surface area contributed by atoms with Crippen molar-refractivity contribution in [1.29, 1.82) is 0 Å². The van der Waals surface area contributed by atoms with Crippen LogP contribution in [0.1, 0.15) is 42.7 Å². The zero-order valence-corrected chi connectivity index (χ0v) is 18.8. The highest BCUT2D eigenvalue weighted by atomic mass is 32.1. The van der Waals surface area contributed by atoms with Gasteiger partial charge in [-0.2, -0.15) is 0 Å². The number of benzene rings is 2. The van der Waals surface area contributed by atoms with E-state index in [1.807, 2.05) is 42.5 Å². The van der Waals surface area contributed by atoms with Crippen LogP contribution in [0.3, 0.4) is 0 Å². The molecule has 32 heavy (non-hydrogen) atoms.